The van der Waals surface area contributed by atoms with Crippen molar-refractivity contribution in [2.45, 2.75) is 19.9 Å². The molecule has 0 spiro atoms. The number of nitrogens with one attached hydrogen (secondary N) is 3. The summed E-state index contributed by atoms with van der Waals surface area (Å²) in [6.45, 7) is 4.53. The second-order valence-corrected chi connectivity index (χ2v) is 7.30. The molecule has 3 N–H and O–H groups in total. The summed E-state index contributed by atoms with van der Waals surface area (Å²) in [5.41, 5.74) is 2.95. The van der Waals surface area contributed by atoms with Crippen LogP contribution in [0.25, 0.3) is 0 Å². The Balaban J connectivity index is 1.92. The van der Waals surface area contributed by atoms with Gasteiger partial charge in [-0.3, -0.25) is 4.79 Å². The van der Waals surface area contributed by atoms with Crippen molar-refractivity contribution >= 4 is 27.5 Å². The molecule has 2 aromatic rings. The summed E-state index contributed by atoms with van der Waals surface area (Å²) >= 11 is 3.52. The Morgan fingerprint density at radius 1 is 1.14 bits per heavy atom. The molecule has 0 fully saturated rings. The summed E-state index contributed by atoms with van der Waals surface area (Å²) in [5.74, 6) is 0.873. The van der Waals surface area contributed by atoms with E-state index in [2.05, 4.69) is 31.9 Å². The molecule has 0 unspecified atom stereocenters. The van der Waals surface area contributed by atoms with Crippen molar-refractivity contribution in [2.24, 2.45) is 0 Å². The van der Waals surface area contributed by atoms with Crippen LogP contribution in [0.2, 0.25) is 0 Å². The molecule has 0 saturated heterocycles. The first-order valence-corrected chi connectivity index (χ1v) is 10.0. The van der Waals surface area contributed by atoms with Crippen LogP contribution < -0.4 is 25.4 Å². The van der Waals surface area contributed by atoms with Gasteiger partial charge in [-0.25, -0.2) is 0 Å². The number of hydrogen-bond acceptors (Lipinski definition) is 5. The molecule has 28 heavy (non-hydrogen) atoms. The second kappa shape index (κ2) is 11.7. The summed E-state index contributed by atoms with van der Waals surface area (Å²) < 4.78 is 11.9. The zero-order chi connectivity index (χ0) is 20.4. The number of amides is 1. The standard InChI is InChI=1S/C21H28BrN3O3/c1-15-5-7-17(8-6-15)25-20(26)14-28-21-18(22)11-16(12-19(21)27-3)13-24-10-4-9-23-2/h5-8,11-12,23-24H,4,9-10,13-14H2,1-3H3,(H,25,26). The van der Waals surface area contributed by atoms with E-state index in [1.54, 1.807) is 7.11 Å². The maximum atomic E-state index is 12.2. The molecule has 0 heterocycles. The fraction of sp³-hybridized carbons (Fsp3) is 0.381. The third-order valence-corrected chi connectivity index (χ3v) is 4.67. The highest BCUT2D eigenvalue weighted by molar-refractivity contribution is 9.10. The van der Waals surface area contributed by atoms with Gasteiger partial charge >= 0.3 is 0 Å². The number of anilines is 1. The molecule has 152 valence electrons. The molecule has 2 rings (SSSR count). The predicted octanol–water partition coefficient (Wildman–Crippen LogP) is 3.48. The predicted molar refractivity (Wildman–Crippen MR) is 116 cm³/mol. The number of ether oxygens (including phenoxy) is 2. The van der Waals surface area contributed by atoms with Crippen molar-refractivity contribution in [3.63, 3.8) is 0 Å². The van der Waals surface area contributed by atoms with Gasteiger partial charge in [0.2, 0.25) is 0 Å². The van der Waals surface area contributed by atoms with Crippen molar-refractivity contribution in [1.29, 1.82) is 0 Å². The lowest BCUT2D eigenvalue weighted by Gasteiger charge is -2.15. The van der Waals surface area contributed by atoms with Crippen molar-refractivity contribution in [1.82, 2.24) is 10.6 Å². The minimum atomic E-state index is -0.229. The Bertz CT molecular complexity index is 766. The number of benzene rings is 2. The number of carbonyl (C=O) groups excluding carboxylic acids is 1. The number of carbonyl (C=O) groups is 1. The van der Waals surface area contributed by atoms with Crippen LogP contribution in [0.15, 0.2) is 40.9 Å². The number of methoxy groups -OCH3 is 1. The van der Waals surface area contributed by atoms with Crippen LogP contribution in [0.5, 0.6) is 11.5 Å². The van der Waals surface area contributed by atoms with Gasteiger partial charge in [-0.05, 0) is 79.2 Å². The first-order valence-electron chi connectivity index (χ1n) is 9.24. The van der Waals surface area contributed by atoms with Crippen molar-refractivity contribution in [3.8, 4) is 11.5 Å². The minimum absolute atomic E-state index is 0.107. The van der Waals surface area contributed by atoms with E-state index in [0.29, 0.717) is 11.5 Å². The van der Waals surface area contributed by atoms with Crippen LogP contribution >= 0.6 is 15.9 Å². The summed E-state index contributed by atoms with van der Waals surface area (Å²) in [4.78, 5) is 12.2. The molecule has 1 amide bonds. The lowest BCUT2D eigenvalue weighted by atomic mass is 10.2. The summed E-state index contributed by atoms with van der Waals surface area (Å²) in [5, 5.41) is 9.34. The average Bonchev–Trinajstić information content (AvgIpc) is 2.68. The van der Waals surface area contributed by atoms with E-state index in [1.807, 2.05) is 50.4 Å². The zero-order valence-electron chi connectivity index (χ0n) is 16.6. The van der Waals surface area contributed by atoms with E-state index in [1.165, 1.54) is 0 Å². The van der Waals surface area contributed by atoms with Gasteiger partial charge in [0.25, 0.3) is 5.91 Å². The molecule has 0 radical (unpaired) electrons. The van der Waals surface area contributed by atoms with Crippen molar-refractivity contribution < 1.29 is 14.3 Å². The number of rotatable bonds is 11. The molecule has 2 aromatic carbocycles. The highest BCUT2D eigenvalue weighted by atomic mass is 79.9. The van der Waals surface area contributed by atoms with Crippen molar-refractivity contribution in [2.75, 3.05) is 39.2 Å². The lowest BCUT2D eigenvalue weighted by Crippen LogP contribution is -2.21. The second-order valence-electron chi connectivity index (χ2n) is 6.45. The molecule has 0 aliphatic carbocycles. The fourth-order valence-corrected chi connectivity index (χ4v) is 3.21. The van der Waals surface area contributed by atoms with Gasteiger partial charge in [0, 0.05) is 12.2 Å². The SMILES string of the molecule is CNCCCNCc1cc(Br)c(OCC(=O)Nc2ccc(C)cc2)c(OC)c1. The topological polar surface area (TPSA) is 71.6 Å². The quantitative estimate of drug-likeness (QED) is 0.458. The van der Waals surface area contributed by atoms with E-state index in [4.69, 9.17) is 9.47 Å². The highest BCUT2D eigenvalue weighted by Gasteiger charge is 2.14. The van der Waals surface area contributed by atoms with E-state index in [9.17, 15) is 4.79 Å². The summed E-state index contributed by atoms with van der Waals surface area (Å²) in [6, 6.07) is 11.5. The normalized spacial score (nSPS) is 10.6. The van der Waals surface area contributed by atoms with Crippen molar-refractivity contribution in [3.05, 3.63) is 52.0 Å². The molecule has 0 atom stereocenters. The van der Waals surface area contributed by atoms with Crippen LogP contribution in [0.1, 0.15) is 17.5 Å². The van der Waals surface area contributed by atoms with Gasteiger partial charge in [0.1, 0.15) is 0 Å². The van der Waals surface area contributed by atoms with Crippen LogP contribution in [-0.4, -0.2) is 39.8 Å². The van der Waals surface area contributed by atoms with Gasteiger partial charge in [-0.2, -0.15) is 0 Å². The van der Waals surface area contributed by atoms with Gasteiger partial charge < -0.3 is 25.4 Å². The maximum Gasteiger partial charge on any atom is 0.262 e. The van der Waals surface area contributed by atoms with E-state index in [0.717, 1.165) is 47.3 Å². The van der Waals surface area contributed by atoms with Crippen LogP contribution in [0, 0.1) is 6.92 Å². The lowest BCUT2D eigenvalue weighted by molar-refractivity contribution is -0.118. The molecule has 0 bridgehead atoms. The molecule has 0 aromatic heterocycles. The molecule has 0 saturated carbocycles. The summed E-state index contributed by atoms with van der Waals surface area (Å²) in [6.07, 6.45) is 1.06. The molecule has 7 heteroatoms. The number of aryl methyl sites for hydroxylation is 1. The Hall–Kier alpha value is -2.09. The van der Waals surface area contributed by atoms with Crippen LogP contribution in [0.4, 0.5) is 5.69 Å². The van der Waals surface area contributed by atoms with E-state index < -0.39 is 0 Å². The van der Waals surface area contributed by atoms with Gasteiger partial charge in [0.05, 0.1) is 11.6 Å². The monoisotopic (exact) mass is 449 g/mol. The Kier molecular flexibility index (Phi) is 9.27. The number of halogens is 1. The Morgan fingerprint density at radius 2 is 1.89 bits per heavy atom. The van der Waals surface area contributed by atoms with E-state index >= 15 is 0 Å². The first-order chi connectivity index (χ1) is 13.5. The third-order valence-electron chi connectivity index (χ3n) is 4.08. The fourth-order valence-electron chi connectivity index (χ4n) is 2.61. The van der Waals surface area contributed by atoms with E-state index in [-0.39, 0.29) is 12.5 Å². The number of hydrogen-bond donors (Lipinski definition) is 3. The van der Waals surface area contributed by atoms with Crippen LogP contribution in [-0.2, 0) is 11.3 Å². The molecule has 6 nitrogen and oxygen atoms in total. The molecular formula is C21H28BrN3O3. The van der Waals surface area contributed by atoms with Gasteiger partial charge in [-0.15, -0.1) is 0 Å². The Morgan fingerprint density at radius 3 is 2.57 bits per heavy atom. The average molecular weight is 450 g/mol. The smallest absolute Gasteiger partial charge is 0.262 e. The first kappa shape index (κ1) is 22.2. The molecule has 0 aliphatic rings. The molecule has 0 aliphatic heterocycles. The highest BCUT2D eigenvalue weighted by Crippen LogP contribution is 2.36. The zero-order valence-corrected chi connectivity index (χ0v) is 18.2. The Labute approximate surface area is 175 Å². The maximum absolute atomic E-state index is 12.2. The van der Waals surface area contributed by atoms with Crippen LogP contribution in [0.3, 0.4) is 0 Å². The third kappa shape index (κ3) is 7.14. The molecular weight excluding hydrogens is 422 g/mol. The minimum Gasteiger partial charge on any atom is -0.493 e. The largest absolute Gasteiger partial charge is 0.493 e. The van der Waals surface area contributed by atoms with Gasteiger partial charge in [-0.1, -0.05) is 17.7 Å². The summed E-state index contributed by atoms with van der Waals surface area (Å²) in [7, 11) is 3.53. The van der Waals surface area contributed by atoms with Gasteiger partial charge in [0.15, 0.2) is 18.1 Å².